The van der Waals surface area contributed by atoms with Crippen molar-refractivity contribution >= 4 is 5.69 Å². The number of aliphatic hydroxyl groups is 1. The Kier molecular flexibility index (Phi) is 9.13. The van der Waals surface area contributed by atoms with Crippen molar-refractivity contribution < 1.29 is 5.11 Å². The van der Waals surface area contributed by atoms with E-state index >= 15 is 0 Å². The molecule has 0 bridgehead atoms. The van der Waals surface area contributed by atoms with Crippen LogP contribution in [0.3, 0.4) is 0 Å². The topological polar surface area (TPSA) is 32.3 Å². The summed E-state index contributed by atoms with van der Waals surface area (Å²) in [5.74, 6) is 0. The van der Waals surface area contributed by atoms with Gasteiger partial charge in [0.2, 0.25) is 0 Å². The van der Waals surface area contributed by atoms with E-state index in [4.69, 9.17) is 0 Å². The van der Waals surface area contributed by atoms with E-state index in [0.717, 1.165) is 24.1 Å². The normalized spacial score (nSPS) is 12.0. The van der Waals surface area contributed by atoms with E-state index in [1.807, 2.05) is 12.1 Å². The van der Waals surface area contributed by atoms with Gasteiger partial charge in [-0.05, 0) is 48.1 Å². The van der Waals surface area contributed by atoms with Crippen molar-refractivity contribution in [1.82, 2.24) is 0 Å². The Morgan fingerprint density at radius 1 is 0.852 bits per heavy atom. The lowest BCUT2D eigenvalue weighted by molar-refractivity contribution is 0.217. The van der Waals surface area contributed by atoms with E-state index in [0.29, 0.717) is 5.70 Å². The van der Waals surface area contributed by atoms with Crippen LogP contribution in [0.15, 0.2) is 60.8 Å². The van der Waals surface area contributed by atoms with Gasteiger partial charge in [-0.15, -0.1) is 0 Å². The average Bonchev–Trinajstić information content (AvgIpc) is 2.71. The maximum atomic E-state index is 10.5. The number of anilines is 1. The van der Waals surface area contributed by atoms with Crippen molar-refractivity contribution in [3.05, 3.63) is 77.5 Å². The van der Waals surface area contributed by atoms with E-state index in [1.54, 1.807) is 0 Å². The third kappa shape index (κ3) is 7.22. The molecule has 1 unspecified atom stereocenters. The largest absolute Gasteiger partial charge is 0.382 e. The summed E-state index contributed by atoms with van der Waals surface area (Å²) < 4.78 is 0. The van der Waals surface area contributed by atoms with Gasteiger partial charge in [0.25, 0.3) is 0 Å². The Bertz CT molecular complexity index is 672. The van der Waals surface area contributed by atoms with Crippen LogP contribution in [0.1, 0.15) is 75.2 Å². The van der Waals surface area contributed by atoms with Crippen LogP contribution in [0.5, 0.6) is 0 Å². The number of hydrogen-bond acceptors (Lipinski definition) is 2. The minimum Gasteiger partial charge on any atom is -0.382 e. The van der Waals surface area contributed by atoms with Crippen LogP contribution in [0, 0.1) is 0 Å². The molecule has 2 heteroatoms. The predicted molar refractivity (Wildman–Crippen MR) is 117 cm³/mol. The van der Waals surface area contributed by atoms with E-state index in [9.17, 15) is 5.11 Å². The lowest BCUT2D eigenvalue weighted by Gasteiger charge is -2.17. The Morgan fingerprint density at radius 2 is 1.44 bits per heavy atom. The number of nitrogens with one attached hydrogen (secondary N) is 1. The first kappa shape index (κ1) is 21.2. The standard InChI is InChI=1S/C25H35NO/c1-4-6-7-8-9-10-11-22-14-18-24(19-15-22)26-20(3)25(27)23-16-12-21(5-2)13-17-23/h12-19,25-27H,3-11H2,1-2H3. The fourth-order valence-corrected chi connectivity index (χ4v) is 3.25. The molecule has 2 aromatic rings. The summed E-state index contributed by atoms with van der Waals surface area (Å²) in [5, 5.41) is 13.8. The van der Waals surface area contributed by atoms with Crippen LogP contribution >= 0.6 is 0 Å². The van der Waals surface area contributed by atoms with Gasteiger partial charge in [-0.2, -0.15) is 0 Å². The molecule has 0 aromatic heterocycles. The molecule has 0 fully saturated rings. The monoisotopic (exact) mass is 365 g/mol. The smallest absolute Gasteiger partial charge is 0.118 e. The first-order valence-corrected chi connectivity index (χ1v) is 10.5. The first-order chi connectivity index (χ1) is 13.1. The van der Waals surface area contributed by atoms with Gasteiger partial charge in [0.05, 0.1) is 0 Å². The molecule has 146 valence electrons. The molecule has 0 saturated heterocycles. The molecule has 2 aromatic carbocycles. The number of aryl methyl sites for hydroxylation is 2. The molecule has 27 heavy (non-hydrogen) atoms. The van der Waals surface area contributed by atoms with E-state index < -0.39 is 6.10 Å². The maximum Gasteiger partial charge on any atom is 0.118 e. The number of benzene rings is 2. The zero-order valence-corrected chi connectivity index (χ0v) is 17.0. The minimum absolute atomic E-state index is 0.600. The molecule has 2 rings (SSSR count). The minimum atomic E-state index is -0.710. The van der Waals surface area contributed by atoms with Crippen molar-refractivity contribution in [3.8, 4) is 0 Å². The lowest BCUT2D eigenvalue weighted by Crippen LogP contribution is -2.09. The molecule has 0 aliphatic rings. The van der Waals surface area contributed by atoms with Crippen molar-refractivity contribution in [2.24, 2.45) is 0 Å². The second-order valence-electron chi connectivity index (χ2n) is 7.36. The van der Waals surface area contributed by atoms with Crippen molar-refractivity contribution in [2.45, 2.75) is 71.3 Å². The Labute approximate surface area is 165 Å². The van der Waals surface area contributed by atoms with Gasteiger partial charge in [0.15, 0.2) is 0 Å². The summed E-state index contributed by atoms with van der Waals surface area (Å²) in [6.45, 7) is 8.40. The molecule has 0 radical (unpaired) electrons. The van der Waals surface area contributed by atoms with Crippen LogP contribution in [0.25, 0.3) is 0 Å². The number of aliphatic hydroxyl groups excluding tert-OH is 1. The number of unbranched alkanes of at least 4 members (excludes halogenated alkanes) is 5. The van der Waals surface area contributed by atoms with E-state index in [1.165, 1.54) is 49.7 Å². The van der Waals surface area contributed by atoms with E-state index in [-0.39, 0.29) is 0 Å². The SMILES string of the molecule is C=C(Nc1ccc(CCCCCCCC)cc1)C(O)c1ccc(CC)cc1. The van der Waals surface area contributed by atoms with Crippen molar-refractivity contribution in [3.63, 3.8) is 0 Å². The molecule has 0 aliphatic heterocycles. The van der Waals surface area contributed by atoms with Gasteiger partial charge in [-0.25, -0.2) is 0 Å². The third-order valence-electron chi connectivity index (χ3n) is 5.11. The summed E-state index contributed by atoms with van der Waals surface area (Å²) in [6, 6.07) is 16.6. The second-order valence-corrected chi connectivity index (χ2v) is 7.36. The molecule has 2 N–H and O–H groups in total. The highest BCUT2D eigenvalue weighted by Gasteiger charge is 2.11. The molecular formula is C25H35NO. The summed E-state index contributed by atoms with van der Waals surface area (Å²) in [5.41, 5.74) is 5.08. The number of hydrogen-bond donors (Lipinski definition) is 2. The highest BCUT2D eigenvalue weighted by atomic mass is 16.3. The van der Waals surface area contributed by atoms with E-state index in [2.05, 4.69) is 62.1 Å². The van der Waals surface area contributed by atoms with Crippen molar-refractivity contribution in [1.29, 1.82) is 0 Å². The van der Waals surface area contributed by atoms with Crippen LogP contribution in [-0.4, -0.2) is 5.11 Å². The van der Waals surface area contributed by atoms with Gasteiger partial charge < -0.3 is 10.4 Å². The summed E-state index contributed by atoms with van der Waals surface area (Å²) in [7, 11) is 0. The van der Waals surface area contributed by atoms with Gasteiger partial charge in [0.1, 0.15) is 6.10 Å². The zero-order chi connectivity index (χ0) is 19.5. The third-order valence-corrected chi connectivity index (χ3v) is 5.11. The van der Waals surface area contributed by atoms with Gasteiger partial charge in [-0.3, -0.25) is 0 Å². The number of rotatable bonds is 12. The maximum absolute atomic E-state index is 10.5. The lowest BCUT2D eigenvalue weighted by atomic mass is 10.0. The fourth-order valence-electron chi connectivity index (χ4n) is 3.25. The summed E-state index contributed by atoms with van der Waals surface area (Å²) >= 11 is 0. The first-order valence-electron chi connectivity index (χ1n) is 10.5. The average molecular weight is 366 g/mol. The Balaban J connectivity index is 1.79. The molecule has 0 spiro atoms. The Morgan fingerprint density at radius 3 is 2.07 bits per heavy atom. The van der Waals surface area contributed by atoms with Gasteiger partial charge >= 0.3 is 0 Å². The Hall–Kier alpha value is -2.06. The van der Waals surface area contributed by atoms with Gasteiger partial charge in [-0.1, -0.05) is 88.9 Å². The fraction of sp³-hybridized carbons (Fsp3) is 0.440. The predicted octanol–water partition coefficient (Wildman–Crippen LogP) is 6.81. The highest BCUT2D eigenvalue weighted by Crippen LogP contribution is 2.23. The van der Waals surface area contributed by atoms with Crippen molar-refractivity contribution in [2.75, 3.05) is 5.32 Å². The quantitative estimate of drug-likeness (QED) is 0.405. The second kappa shape index (κ2) is 11.6. The molecular weight excluding hydrogens is 330 g/mol. The van der Waals surface area contributed by atoms with Gasteiger partial charge in [0, 0.05) is 11.4 Å². The molecule has 0 aliphatic carbocycles. The van der Waals surface area contributed by atoms with Crippen LogP contribution in [0.4, 0.5) is 5.69 Å². The van der Waals surface area contributed by atoms with Crippen LogP contribution in [-0.2, 0) is 12.8 Å². The highest BCUT2D eigenvalue weighted by molar-refractivity contribution is 5.50. The van der Waals surface area contributed by atoms with Crippen LogP contribution in [0.2, 0.25) is 0 Å². The summed E-state index contributed by atoms with van der Waals surface area (Å²) in [4.78, 5) is 0. The zero-order valence-electron chi connectivity index (χ0n) is 17.0. The molecule has 1 atom stereocenters. The molecule has 0 amide bonds. The van der Waals surface area contributed by atoms with Crippen LogP contribution < -0.4 is 5.32 Å². The molecule has 0 saturated carbocycles. The molecule has 2 nitrogen and oxygen atoms in total. The molecule has 0 heterocycles. The summed E-state index contributed by atoms with van der Waals surface area (Å²) in [6.07, 6.45) is 9.39.